The lowest BCUT2D eigenvalue weighted by Crippen LogP contribution is -2.88. The second-order valence-electron chi connectivity index (χ2n) is 9.40. The number of halogens is 1. The molecule has 1 radical (unpaired) electrons. The highest BCUT2D eigenvalue weighted by molar-refractivity contribution is 7.48. The molecule has 2 aliphatic carbocycles. The molecule has 1 saturated heterocycles. The van der Waals surface area contributed by atoms with Crippen molar-refractivity contribution in [1.82, 2.24) is 5.73 Å². The summed E-state index contributed by atoms with van der Waals surface area (Å²) in [5.74, 6) is -0.468. The van der Waals surface area contributed by atoms with Crippen LogP contribution in [-0.2, 0) is 16.3 Å². The number of benzene rings is 1. The quantitative estimate of drug-likeness (QED) is 0.687. The van der Waals surface area contributed by atoms with Crippen LogP contribution in [0.15, 0.2) is 17.7 Å². The van der Waals surface area contributed by atoms with Gasteiger partial charge in [-0.1, -0.05) is 50.3 Å². The summed E-state index contributed by atoms with van der Waals surface area (Å²) in [6, 6.07) is 3.58. The highest BCUT2D eigenvalue weighted by Crippen LogP contribution is 2.78. The smallest absolute Gasteiger partial charge is 0.242 e. The minimum absolute atomic E-state index is 0.126. The largest absolute Gasteiger partial charge is 0.273 e. The van der Waals surface area contributed by atoms with E-state index in [0.29, 0.717) is 6.42 Å². The van der Waals surface area contributed by atoms with E-state index < -0.39 is 20.2 Å². The zero-order valence-electron chi connectivity index (χ0n) is 15.8. The first-order valence-corrected chi connectivity index (χ1v) is 16.3. The normalized spacial score (nSPS) is 34.1. The van der Waals surface area contributed by atoms with Gasteiger partial charge in [0.1, 0.15) is 5.82 Å². The van der Waals surface area contributed by atoms with E-state index in [1.807, 2.05) is 6.07 Å². The molecule has 1 aromatic carbocycles. The number of amides is 1. The lowest BCUT2D eigenvalue weighted by Gasteiger charge is -2.74. The molecule has 0 bridgehead atoms. The Morgan fingerprint density at radius 3 is 2.48 bits per heavy atom. The van der Waals surface area contributed by atoms with Gasteiger partial charge in [-0.05, 0) is 48.9 Å². The fourth-order valence-electron chi connectivity index (χ4n) is 6.97. The summed E-state index contributed by atoms with van der Waals surface area (Å²) < 4.78 is 14.5. The zero-order valence-corrected chi connectivity index (χ0v) is 17.8. The Hall–Kier alpha value is -1.21. The second kappa shape index (κ2) is 4.74. The monoisotopic (exact) mass is 372 g/mol. The molecule has 2 nitrogen and oxygen atoms in total. The van der Waals surface area contributed by atoms with E-state index in [0.717, 1.165) is 30.4 Å². The van der Waals surface area contributed by atoms with Crippen LogP contribution in [0.3, 0.4) is 0 Å². The van der Waals surface area contributed by atoms with Crippen molar-refractivity contribution in [1.29, 1.82) is 0 Å². The van der Waals surface area contributed by atoms with Gasteiger partial charge in [-0.25, -0.2) is 4.39 Å². The summed E-state index contributed by atoms with van der Waals surface area (Å²) in [6.07, 6.45) is 5.69. The molecule has 25 heavy (non-hydrogen) atoms. The van der Waals surface area contributed by atoms with Gasteiger partial charge in [0.15, 0.2) is 0 Å². The number of nitrogens with one attached hydrogen (secondary N) is 1. The molecule has 1 amide bonds. The van der Waals surface area contributed by atoms with Crippen molar-refractivity contribution in [3.05, 3.63) is 40.2 Å². The zero-order chi connectivity index (χ0) is 18.4. The fraction of sp³-hybridized carbons (Fsp3) is 0.550. The van der Waals surface area contributed by atoms with E-state index in [9.17, 15) is 9.18 Å². The van der Waals surface area contributed by atoms with Crippen LogP contribution >= 0.6 is 0 Å². The minimum atomic E-state index is -1.85. The van der Waals surface area contributed by atoms with Crippen LogP contribution in [0.4, 0.5) is 4.39 Å². The first kappa shape index (κ1) is 17.2. The summed E-state index contributed by atoms with van der Waals surface area (Å²) in [6.45, 7) is 11.6. The van der Waals surface area contributed by atoms with Gasteiger partial charge in [-0.2, -0.15) is 0 Å². The average molecular weight is 373 g/mol. The Balaban J connectivity index is 2.06. The molecule has 1 saturated carbocycles. The van der Waals surface area contributed by atoms with Gasteiger partial charge in [0.25, 0.3) is 0 Å². The summed E-state index contributed by atoms with van der Waals surface area (Å²) in [4.78, 5) is 12.8. The third-order valence-corrected chi connectivity index (χ3v) is 30.0. The molecule has 1 aliphatic heterocycles. The van der Waals surface area contributed by atoms with Gasteiger partial charge in [-0.3, -0.25) is 10.5 Å². The van der Waals surface area contributed by atoms with Crippen LogP contribution in [0.25, 0.3) is 6.08 Å². The molecular formula is C20H27FNOSi2. The molecule has 1 aromatic rings. The van der Waals surface area contributed by atoms with Crippen LogP contribution in [0, 0.1) is 5.82 Å². The Labute approximate surface area is 151 Å². The van der Waals surface area contributed by atoms with Crippen molar-refractivity contribution in [2.75, 3.05) is 0 Å². The second-order valence-corrected chi connectivity index (χ2v) is 25.1. The lowest BCUT2D eigenvalue weighted by molar-refractivity contribution is -0.123. The maximum Gasteiger partial charge on any atom is 0.242 e. The van der Waals surface area contributed by atoms with Crippen LogP contribution in [0.5, 0.6) is 0 Å². The molecule has 2 atom stereocenters. The summed E-state index contributed by atoms with van der Waals surface area (Å²) >= 11 is 0. The molecule has 1 N–H and O–H groups in total. The van der Waals surface area contributed by atoms with E-state index in [2.05, 4.69) is 39.2 Å². The van der Waals surface area contributed by atoms with Crippen molar-refractivity contribution in [3.63, 3.8) is 0 Å². The Bertz CT molecular complexity index is 844. The predicted octanol–water partition coefficient (Wildman–Crippen LogP) is 4.80. The first-order chi connectivity index (χ1) is 11.5. The topological polar surface area (TPSA) is 40.9 Å². The maximum absolute atomic E-state index is 14.5. The Morgan fingerprint density at radius 2 is 1.84 bits per heavy atom. The SMILES string of the molecule is CC1=Cc2c(C34CCCC3(C([NH])=O)[Si](C)(C)[Si]4(C)C)ccc(F)c2C1. The number of hydrogen-bond acceptors (Lipinski definition) is 1. The van der Waals surface area contributed by atoms with Gasteiger partial charge in [0.05, 0.1) is 15.2 Å². The van der Waals surface area contributed by atoms with Crippen LogP contribution in [0.1, 0.15) is 42.9 Å². The van der Waals surface area contributed by atoms with E-state index in [4.69, 9.17) is 5.73 Å². The van der Waals surface area contributed by atoms with Crippen molar-refractivity contribution in [2.45, 2.75) is 68.9 Å². The van der Waals surface area contributed by atoms with Gasteiger partial charge < -0.3 is 0 Å². The van der Waals surface area contributed by atoms with Gasteiger partial charge in [-0.15, -0.1) is 0 Å². The number of fused-ring (bicyclic) bond motifs is 2. The first-order valence-electron chi connectivity index (χ1n) is 9.30. The van der Waals surface area contributed by atoms with Gasteiger partial charge >= 0.3 is 0 Å². The molecule has 0 spiro atoms. The maximum atomic E-state index is 14.5. The van der Waals surface area contributed by atoms with E-state index in [1.54, 1.807) is 6.07 Å². The van der Waals surface area contributed by atoms with E-state index >= 15 is 0 Å². The predicted molar refractivity (Wildman–Crippen MR) is 105 cm³/mol. The van der Waals surface area contributed by atoms with Crippen LogP contribution in [-0.4, -0.2) is 21.1 Å². The van der Waals surface area contributed by atoms with Crippen molar-refractivity contribution in [3.8, 4) is 0 Å². The van der Waals surface area contributed by atoms with Gasteiger partial charge in [0.2, 0.25) is 5.91 Å². The molecule has 2 unspecified atom stereocenters. The van der Waals surface area contributed by atoms with E-state index in [-0.39, 0.29) is 16.8 Å². The molecule has 3 aliphatic rings. The number of carbonyl (C=O) groups excluding carboxylic acids is 1. The lowest BCUT2D eigenvalue weighted by atomic mass is 9.82. The average Bonchev–Trinajstić information content (AvgIpc) is 3.09. The number of rotatable bonds is 2. The van der Waals surface area contributed by atoms with Crippen LogP contribution < -0.4 is 5.73 Å². The van der Waals surface area contributed by atoms with Gasteiger partial charge in [0, 0.05) is 10.1 Å². The molecule has 4 rings (SSSR count). The summed E-state index contributed by atoms with van der Waals surface area (Å²) in [5, 5.41) is -0.640. The summed E-state index contributed by atoms with van der Waals surface area (Å²) in [5.41, 5.74) is 12.5. The van der Waals surface area contributed by atoms with Crippen molar-refractivity contribution >= 4 is 27.2 Å². The highest BCUT2D eigenvalue weighted by Gasteiger charge is 2.85. The molecule has 133 valence electrons. The molecule has 2 fully saturated rings. The van der Waals surface area contributed by atoms with Crippen molar-refractivity contribution < 1.29 is 9.18 Å². The third kappa shape index (κ3) is 1.55. The molecular weight excluding hydrogens is 345 g/mol. The van der Waals surface area contributed by atoms with Crippen LogP contribution in [0.2, 0.25) is 31.2 Å². The van der Waals surface area contributed by atoms with Crippen molar-refractivity contribution in [2.24, 2.45) is 0 Å². The summed E-state index contributed by atoms with van der Waals surface area (Å²) in [7, 11) is -3.62. The molecule has 1 heterocycles. The highest BCUT2D eigenvalue weighted by atomic mass is 29.3. The molecule has 5 heteroatoms. The standard InChI is InChI=1S/C20H27FNOSi2/c1-13-11-14-15(12-13)17(21)8-7-16(14)19-9-6-10-20(19,18(22)23)25(4,5)24(19,2)3/h7-8,11,22H,6,9-10,12H2,1-5H3. The number of hydrogen-bond donors (Lipinski definition) is 0. The minimum Gasteiger partial charge on any atom is -0.273 e. The number of allylic oxidation sites excluding steroid dienone is 1. The number of carbonyl (C=O) groups is 1. The Kier molecular flexibility index (Phi) is 3.26. The molecule has 0 aromatic heterocycles. The van der Waals surface area contributed by atoms with E-state index in [1.165, 1.54) is 11.1 Å². The fourth-order valence-corrected chi connectivity index (χ4v) is 25.0. The Morgan fingerprint density at radius 1 is 1.16 bits per heavy atom. The third-order valence-electron chi connectivity index (χ3n) is 8.52.